The Labute approximate surface area is 117 Å². The van der Waals surface area contributed by atoms with Crippen molar-refractivity contribution in [3.8, 4) is 11.4 Å². The van der Waals surface area contributed by atoms with Gasteiger partial charge in [0.2, 0.25) is 11.7 Å². The quantitative estimate of drug-likeness (QED) is 0.853. The highest BCUT2D eigenvalue weighted by Gasteiger charge is 2.34. The van der Waals surface area contributed by atoms with Gasteiger partial charge in [-0.2, -0.15) is 4.98 Å². The molecule has 1 saturated carbocycles. The lowest BCUT2D eigenvalue weighted by molar-refractivity contribution is 0.257. The molecule has 20 heavy (non-hydrogen) atoms. The van der Waals surface area contributed by atoms with E-state index >= 15 is 0 Å². The zero-order chi connectivity index (χ0) is 14.0. The molecule has 3 rings (SSSR count). The topological polar surface area (TPSA) is 64.9 Å². The largest absolute Gasteiger partial charge is 0.337 e. The summed E-state index contributed by atoms with van der Waals surface area (Å²) in [6, 6.07) is 6.17. The first kappa shape index (κ1) is 13.2. The Balaban J connectivity index is 1.89. The van der Waals surface area contributed by atoms with Crippen LogP contribution >= 0.6 is 0 Å². The molecule has 0 spiro atoms. The predicted octanol–water partition coefficient (Wildman–Crippen LogP) is 3.38. The van der Waals surface area contributed by atoms with Gasteiger partial charge in [-0.3, -0.25) is 0 Å². The zero-order valence-corrected chi connectivity index (χ0v) is 11.3. The lowest BCUT2D eigenvalue weighted by Crippen LogP contribution is -2.36. The van der Waals surface area contributed by atoms with Crippen LogP contribution in [0.4, 0.5) is 4.39 Å². The fourth-order valence-electron chi connectivity index (χ4n) is 2.74. The maximum atomic E-state index is 13.2. The SMILES string of the molecule is NC1(c2nc(-c3cccc(F)c3)no2)CCCCCC1. The molecular formula is C15H18FN3O. The Morgan fingerprint density at radius 1 is 1.15 bits per heavy atom. The van der Waals surface area contributed by atoms with E-state index in [1.807, 2.05) is 0 Å². The molecule has 1 aromatic carbocycles. The van der Waals surface area contributed by atoms with E-state index in [0.29, 0.717) is 17.3 Å². The normalized spacial score (nSPS) is 18.7. The molecule has 0 aliphatic heterocycles. The monoisotopic (exact) mass is 275 g/mol. The molecule has 0 amide bonds. The van der Waals surface area contributed by atoms with Crippen molar-refractivity contribution >= 4 is 0 Å². The van der Waals surface area contributed by atoms with Gasteiger partial charge in [-0.25, -0.2) is 4.39 Å². The van der Waals surface area contributed by atoms with Crippen molar-refractivity contribution in [1.29, 1.82) is 0 Å². The summed E-state index contributed by atoms with van der Waals surface area (Å²) >= 11 is 0. The van der Waals surface area contributed by atoms with Gasteiger partial charge in [-0.15, -0.1) is 0 Å². The molecular weight excluding hydrogens is 257 g/mol. The Morgan fingerprint density at radius 2 is 1.90 bits per heavy atom. The fourth-order valence-corrected chi connectivity index (χ4v) is 2.74. The van der Waals surface area contributed by atoms with E-state index in [-0.39, 0.29) is 5.82 Å². The van der Waals surface area contributed by atoms with Crippen LogP contribution in [0.25, 0.3) is 11.4 Å². The van der Waals surface area contributed by atoms with Crippen molar-refractivity contribution < 1.29 is 8.91 Å². The van der Waals surface area contributed by atoms with Crippen LogP contribution in [0.2, 0.25) is 0 Å². The van der Waals surface area contributed by atoms with Crippen molar-refractivity contribution in [3.63, 3.8) is 0 Å². The van der Waals surface area contributed by atoms with E-state index in [1.54, 1.807) is 12.1 Å². The van der Waals surface area contributed by atoms with Gasteiger partial charge < -0.3 is 10.3 Å². The number of nitrogens with two attached hydrogens (primary N) is 1. The molecule has 5 heteroatoms. The first-order valence-electron chi connectivity index (χ1n) is 7.06. The molecule has 2 N–H and O–H groups in total. The van der Waals surface area contributed by atoms with Crippen molar-refractivity contribution in [2.24, 2.45) is 5.73 Å². The molecule has 2 aromatic rings. The lowest BCUT2D eigenvalue weighted by Gasteiger charge is -2.22. The summed E-state index contributed by atoms with van der Waals surface area (Å²) in [5.74, 6) is 0.554. The summed E-state index contributed by atoms with van der Waals surface area (Å²) in [7, 11) is 0. The second kappa shape index (κ2) is 5.32. The third kappa shape index (κ3) is 2.58. The highest BCUT2D eigenvalue weighted by atomic mass is 19.1. The molecule has 0 saturated heterocycles. The smallest absolute Gasteiger partial charge is 0.247 e. The van der Waals surface area contributed by atoms with Crippen LogP contribution in [0, 0.1) is 5.82 Å². The summed E-state index contributed by atoms with van der Waals surface area (Å²) in [4.78, 5) is 4.39. The van der Waals surface area contributed by atoms with Gasteiger partial charge in [-0.1, -0.05) is 43.0 Å². The van der Waals surface area contributed by atoms with Crippen LogP contribution in [-0.2, 0) is 5.54 Å². The Kier molecular flexibility index (Phi) is 3.53. The fraction of sp³-hybridized carbons (Fsp3) is 0.467. The van der Waals surface area contributed by atoms with E-state index in [4.69, 9.17) is 10.3 Å². The lowest BCUT2D eigenvalue weighted by atomic mass is 9.91. The number of nitrogens with zero attached hydrogens (tertiary/aromatic N) is 2. The number of hydrogen-bond acceptors (Lipinski definition) is 4. The average molecular weight is 275 g/mol. The van der Waals surface area contributed by atoms with E-state index in [9.17, 15) is 4.39 Å². The van der Waals surface area contributed by atoms with Gasteiger partial charge >= 0.3 is 0 Å². The minimum atomic E-state index is -0.533. The van der Waals surface area contributed by atoms with E-state index in [0.717, 1.165) is 25.7 Å². The number of hydrogen-bond donors (Lipinski definition) is 1. The van der Waals surface area contributed by atoms with Crippen LogP contribution in [0.15, 0.2) is 28.8 Å². The van der Waals surface area contributed by atoms with Crippen LogP contribution < -0.4 is 5.73 Å². The van der Waals surface area contributed by atoms with Gasteiger partial charge in [0.05, 0.1) is 5.54 Å². The minimum Gasteiger partial charge on any atom is -0.337 e. The van der Waals surface area contributed by atoms with E-state index in [1.165, 1.54) is 25.0 Å². The van der Waals surface area contributed by atoms with E-state index < -0.39 is 5.54 Å². The number of halogens is 1. The molecule has 0 bridgehead atoms. The summed E-state index contributed by atoms with van der Waals surface area (Å²) in [6.07, 6.45) is 6.27. The van der Waals surface area contributed by atoms with Crippen LogP contribution in [0.5, 0.6) is 0 Å². The van der Waals surface area contributed by atoms with Gasteiger partial charge in [0.1, 0.15) is 5.82 Å². The Morgan fingerprint density at radius 3 is 2.60 bits per heavy atom. The van der Waals surface area contributed by atoms with Gasteiger partial charge in [0.25, 0.3) is 0 Å². The first-order chi connectivity index (χ1) is 9.67. The summed E-state index contributed by atoms with van der Waals surface area (Å²) in [6.45, 7) is 0. The molecule has 4 nitrogen and oxygen atoms in total. The van der Waals surface area contributed by atoms with Crippen molar-refractivity contribution in [2.45, 2.75) is 44.1 Å². The van der Waals surface area contributed by atoms with Gasteiger partial charge in [0, 0.05) is 5.56 Å². The molecule has 1 fully saturated rings. The molecule has 1 heterocycles. The number of aromatic nitrogens is 2. The Bertz CT molecular complexity index is 588. The number of benzene rings is 1. The molecule has 0 unspecified atom stereocenters. The minimum absolute atomic E-state index is 0.314. The van der Waals surface area contributed by atoms with Crippen molar-refractivity contribution in [2.75, 3.05) is 0 Å². The second-order valence-electron chi connectivity index (χ2n) is 5.50. The molecule has 0 atom stereocenters. The van der Waals surface area contributed by atoms with Gasteiger partial charge in [-0.05, 0) is 25.0 Å². The average Bonchev–Trinajstić information content (AvgIpc) is 2.84. The number of rotatable bonds is 2. The molecule has 106 valence electrons. The summed E-state index contributed by atoms with van der Waals surface area (Å²) in [5, 5.41) is 3.95. The zero-order valence-electron chi connectivity index (χ0n) is 11.3. The first-order valence-corrected chi connectivity index (χ1v) is 7.06. The van der Waals surface area contributed by atoms with Gasteiger partial charge in [0.15, 0.2) is 0 Å². The third-order valence-electron chi connectivity index (χ3n) is 3.93. The predicted molar refractivity (Wildman–Crippen MR) is 73.3 cm³/mol. The third-order valence-corrected chi connectivity index (χ3v) is 3.93. The second-order valence-corrected chi connectivity index (χ2v) is 5.50. The van der Waals surface area contributed by atoms with Crippen molar-refractivity contribution in [3.05, 3.63) is 36.0 Å². The molecule has 1 aliphatic rings. The summed E-state index contributed by atoms with van der Waals surface area (Å²) < 4.78 is 18.6. The van der Waals surface area contributed by atoms with E-state index in [2.05, 4.69) is 10.1 Å². The molecule has 1 aliphatic carbocycles. The maximum absolute atomic E-state index is 13.2. The standard InChI is InChI=1S/C15H18FN3O/c16-12-7-5-6-11(10-12)13-18-14(20-19-13)15(17)8-3-1-2-4-9-15/h5-7,10H,1-4,8-9,17H2. The van der Waals surface area contributed by atoms with Crippen LogP contribution in [0.1, 0.15) is 44.4 Å². The summed E-state index contributed by atoms with van der Waals surface area (Å²) in [5.41, 5.74) is 6.51. The van der Waals surface area contributed by atoms with Crippen molar-refractivity contribution in [1.82, 2.24) is 10.1 Å². The van der Waals surface area contributed by atoms with Crippen LogP contribution in [0.3, 0.4) is 0 Å². The maximum Gasteiger partial charge on any atom is 0.247 e. The Hall–Kier alpha value is -1.75. The van der Waals surface area contributed by atoms with Crippen LogP contribution in [-0.4, -0.2) is 10.1 Å². The highest BCUT2D eigenvalue weighted by Crippen LogP contribution is 2.33. The molecule has 0 radical (unpaired) electrons. The highest BCUT2D eigenvalue weighted by molar-refractivity contribution is 5.54. The molecule has 1 aromatic heterocycles.